The van der Waals surface area contributed by atoms with Crippen molar-refractivity contribution < 1.29 is 14.3 Å². The Labute approximate surface area is 201 Å². The Morgan fingerprint density at radius 1 is 0.971 bits per heavy atom. The molecule has 0 aliphatic heterocycles. The number of aromatic amines is 1. The highest BCUT2D eigenvalue weighted by atomic mass is 16.5. The molecule has 2 N–H and O–H groups in total. The third-order valence-electron chi connectivity index (χ3n) is 5.47. The fourth-order valence-electron chi connectivity index (χ4n) is 3.77. The van der Waals surface area contributed by atoms with Crippen molar-refractivity contribution in [2.45, 2.75) is 0 Å². The lowest BCUT2D eigenvalue weighted by Gasteiger charge is -2.09. The van der Waals surface area contributed by atoms with E-state index in [2.05, 4.69) is 15.3 Å². The number of carbonyl (C=O) groups excluding carboxylic acids is 1. The van der Waals surface area contributed by atoms with Gasteiger partial charge in [-0.25, -0.2) is 9.67 Å². The van der Waals surface area contributed by atoms with E-state index in [-0.39, 0.29) is 5.91 Å². The van der Waals surface area contributed by atoms with Gasteiger partial charge in [-0.3, -0.25) is 10.1 Å². The molecule has 2 heterocycles. The zero-order valence-electron chi connectivity index (χ0n) is 19.2. The number of para-hydroxylation sites is 3. The summed E-state index contributed by atoms with van der Waals surface area (Å²) in [6, 6.07) is 23.0. The maximum atomic E-state index is 12.6. The molecule has 0 atom stereocenters. The Kier molecular flexibility index (Phi) is 6.00. The number of imidazole rings is 1. The van der Waals surface area contributed by atoms with Gasteiger partial charge in [0.2, 0.25) is 5.95 Å². The fourth-order valence-corrected chi connectivity index (χ4v) is 3.77. The lowest BCUT2D eigenvalue weighted by atomic mass is 10.1. The fraction of sp³-hybridized carbons (Fsp3) is 0.0741. The summed E-state index contributed by atoms with van der Waals surface area (Å²) < 4.78 is 12.6. The molecule has 0 radical (unpaired) electrons. The molecule has 8 nitrogen and oxygen atoms in total. The number of anilines is 1. The van der Waals surface area contributed by atoms with Crippen LogP contribution in [-0.4, -0.2) is 39.9 Å². The highest BCUT2D eigenvalue weighted by Gasteiger charge is 2.14. The van der Waals surface area contributed by atoms with Gasteiger partial charge in [0, 0.05) is 23.4 Å². The van der Waals surface area contributed by atoms with Gasteiger partial charge in [0.1, 0.15) is 5.69 Å². The molecular weight excluding hydrogens is 442 g/mol. The van der Waals surface area contributed by atoms with E-state index in [0.717, 1.165) is 27.8 Å². The first-order valence-corrected chi connectivity index (χ1v) is 11.0. The number of nitrogens with zero attached hydrogens (tertiary/aromatic N) is 3. The predicted octanol–water partition coefficient (Wildman–Crippen LogP) is 5.08. The number of hydrogen-bond donors (Lipinski definition) is 2. The Balaban J connectivity index is 1.47. The van der Waals surface area contributed by atoms with Gasteiger partial charge in [-0.05, 0) is 48.5 Å². The van der Waals surface area contributed by atoms with Gasteiger partial charge in [-0.2, -0.15) is 5.10 Å². The molecule has 1 amide bonds. The van der Waals surface area contributed by atoms with Gasteiger partial charge < -0.3 is 14.5 Å². The minimum absolute atomic E-state index is 0.310. The summed E-state index contributed by atoms with van der Waals surface area (Å²) in [7, 11) is 3.18. The molecule has 0 saturated heterocycles. The van der Waals surface area contributed by atoms with E-state index in [1.54, 1.807) is 25.0 Å². The molecule has 5 rings (SSSR count). The first-order chi connectivity index (χ1) is 17.1. The molecule has 0 fully saturated rings. The average Bonchev–Trinajstić information content (AvgIpc) is 3.51. The smallest absolute Gasteiger partial charge is 0.250 e. The minimum atomic E-state index is -0.310. The van der Waals surface area contributed by atoms with E-state index >= 15 is 0 Å². The van der Waals surface area contributed by atoms with Crippen molar-refractivity contribution in [2.75, 3.05) is 19.5 Å². The number of nitrogens with one attached hydrogen (secondary N) is 2. The lowest BCUT2D eigenvalue weighted by Crippen LogP contribution is -2.08. The molecule has 0 spiro atoms. The van der Waals surface area contributed by atoms with Crippen LogP contribution in [0.1, 0.15) is 5.56 Å². The van der Waals surface area contributed by atoms with Gasteiger partial charge in [0.25, 0.3) is 5.91 Å². The second-order valence-electron chi connectivity index (χ2n) is 7.71. The van der Waals surface area contributed by atoms with Crippen LogP contribution in [0.3, 0.4) is 0 Å². The van der Waals surface area contributed by atoms with Crippen LogP contribution in [0.25, 0.3) is 34.1 Å². The zero-order chi connectivity index (χ0) is 24.2. The Bertz CT molecular complexity index is 1490. The zero-order valence-corrected chi connectivity index (χ0v) is 19.2. The first-order valence-electron chi connectivity index (χ1n) is 11.0. The van der Waals surface area contributed by atoms with E-state index in [0.29, 0.717) is 23.1 Å². The topological polar surface area (TPSA) is 94.1 Å². The van der Waals surface area contributed by atoms with E-state index < -0.39 is 0 Å². The van der Waals surface area contributed by atoms with Crippen molar-refractivity contribution in [1.29, 1.82) is 0 Å². The van der Waals surface area contributed by atoms with Crippen LogP contribution in [0.4, 0.5) is 5.95 Å². The number of benzene rings is 3. The molecule has 5 aromatic rings. The molecule has 2 aromatic heterocycles. The normalized spacial score (nSPS) is 11.1. The average molecular weight is 466 g/mol. The van der Waals surface area contributed by atoms with E-state index in [1.165, 1.54) is 6.08 Å². The molecule has 35 heavy (non-hydrogen) atoms. The van der Waals surface area contributed by atoms with E-state index in [4.69, 9.17) is 14.6 Å². The van der Waals surface area contributed by atoms with Gasteiger partial charge >= 0.3 is 0 Å². The van der Waals surface area contributed by atoms with Crippen molar-refractivity contribution in [3.8, 4) is 28.4 Å². The number of methoxy groups -OCH3 is 2. The van der Waals surface area contributed by atoms with Crippen LogP contribution in [0.15, 0.2) is 85.1 Å². The highest BCUT2D eigenvalue weighted by Crippen LogP contribution is 2.33. The van der Waals surface area contributed by atoms with Gasteiger partial charge in [-0.1, -0.05) is 30.3 Å². The highest BCUT2D eigenvalue weighted by molar-refractivity contribution is 6.02. The summed E-state index contributed by atoms with van der Waals surface area (Å²) in [6.07, 6.45) is 5.08. The SMILES string of the molecule is COc1ccc(-c2nn(-c3ccccc3)cc2C=CC(=O)Nc2nc3ccccc3[nH]2)cc1OC. The van der Waals surface area contributed by atoms with Crippen LogP contribution in [0.5, 0.6) is 11.5 Å². The number of hydrogen-bond acceptors (Lipinski definition) is 5. The largest absolute Gasteiger partial charge is 0.493 e. The van der Waals surface area contributed by atoms with Gasteiger partial charge in [-0.15, -0.1) is 0 Å². The molecule has 8 heteroatoms. The van der Waals surface area contributed by atoms with E-state index in [9.17, 15) is 4.79 Å². The standard InChI is InChI=1S/C27H23N5O3/c1-34-23-14-12-18(16-24(23)35-2)26-19(17-32(31-26)20-8-4-3-5-9-20)13-15-25(33)30-27-28-21-10-6-7-11-22(21)29-27/h3-17H,1-2H3,(H2,28,29,30,33). The maximum Gasteiger partial charge on any atom is 0.250 e. The summed E-state index contributed by atoms with van der Waals surface area (Å²) in [5.41, 5.74) is 4.83. The number of ether oxygens (including phenoxy) is 2. The molecule has 3 aromatic carbocycles. The van der Waals surface area contributed by atoms with Gasteiger partial charge in [0.05, 0.1) is 30.9 Å². The van der Waals surface area contributed by atoms with E-state index in [1.807, 2.05) is 79.0 Å². The Morgan fingerprint density at radius 2 is 1.74 bits per heavy atom. The summed E-state index contributed by atoms with van der Waals surface area (Å²) in [5.74, 6) is 1.30. The molecule has 174 valence electrons. The second-order valence-corrected chi connectivity index (χ2v) is 7.71. The third-order valence-corrected chi connectivity index (χ3v) is 5.47. The molecule has 0 unspecified atom stereocenters. The molecule has 0 bridgehead atoms. The number of aromatic nitrogens is 4. The van der Waals surface area contributed by atoms with Gasteiger partial charge in [0.15, 0.2) is 11.5 Å². The third kappa shape index (κ3) is 4.63. The molecule has 0 saturated carbocycles. The van der Waals surface area contributed by atoms with Crippen LogP contribution in [-0.2, 0) is 4.79 Å². The first kappa shape index (κ1) is 22.0. The van der Waals surface area contributed by atoms with Crippen LogP contribution in [0.2, 0.25) is 0 Å². The second kappa shape index (κ2) is 9.56. The van der Waals surface area contributed by atoms with Crippen molar-refractivity contribution in [3.63, 3.8) is 0 Å². The summed E-state index contributed by atoms with van der Waals surface area (Å²) in [5, 5.41) is 7.57. The van der Waals surface area contributed by atoms with Crippen LogP contribution < -0.4 is 14.8 Å². The lowest BCUT2D eigenvalue weighted by molar-refractivity contribution is -0.111. The monoisotopic (exact) mass is 465 g/mol. The van der Waals surface area contributed by atoms with Crippen molar-refractivity contribution in [3.05, 3.63) is 90.6 Å². The van der Waals surface area contributed by atoms with Crippen LogP contribution >= 0.6 is 0 Å². The summed E-state index contributed by atoms with van der Waals surface area (Å²) in [6.45, 7) is 0. The molecule has 0 aliphatic carbocycles. The number of H-pyrrole nitrogens is 1. The summed E-state index contributed by atoms with van der Waals surface area (Å²) >= 11 is 0. The molecule has 0 aliphatic rings. The molecular formula is C27H23N5O3. The Hall–Kier alpha value is -4.85. The van der Waals surface area contributed by atoms with Crippen molar-refractivity contribution >= 4 is 29.0 Å². The number of rotatable bonds is 7. The predicted molar refractivity (Wildman–Crippen MR) is 136 cm³/mol. The van der Waals surface area contributed by atoms with Crippen molar-refractivity contribution in [2.24, 2.45) is 0 Å². The Morgan fingerprint density at radius 3 is 2.51 bits per heavy atom. The minimum Gasteiger partial charge on any atom is -0.493 e. The number of amides is 1. The quantitative estimate of drug-likeness (QED) is 0.327. The summed E-state index contributed by atoms with van der Waals surface area (Å²) in [4.78, 5) is 20.1. The van der Waals surface area contributed by atoms with Crippen LogP contribution in [0, 0.1) is 0 Å². The maximum absolute atomic E-state index is 12.6. The number of carbonyl (C=O) groups is 1. The van der Waals surface area contributed by atoms with Crippen molar-refractivity contribution in [1.82, 2.24) is 19.7 Å². The number of fused-ring (bicyclic) bond motifs is 1.